The van der Waals surface area contributed by atoms with Crippen LogP contribution in [-0.2, 0) is 0 Å². The van der Waals surface area contributed by atoms with Crippen molar-refractivity contribution >= 4 is 0 Å². The molecule has 0 aliphatic carbocycles. The summed E-state index contributed by atoms with van der Waals surface area (Å²) in [5, 5.41) is 0. The summed E-state index contributed by atoms with van der Waals surface area (Å²) in [7, 11) is 0. The molecule has 0 unspecified atom stereocenters. The molecule has 1 atom stereocenters. The van der Waals surface area contributed by atoms with Gasteiger partial charge >= 0.3 is 0 Å². The molecular weight excluding hydrogens is 264 g/mol. The van der Waals surface area contributed by atoms with Crippen molar-refractivity contribution < 1.29 is 13.5 Å². The molecule has 0 aromatic carbocycles. The number of pyridine rings is 1. The molecular formula is C14H17F2N3O. The largest absolute Gasteiger partial charge is 0.474 e. The van der Waals surface area contributed by atoms with Crippen molar-refractivity contribution in [1.82, 2.24) is 9.97 Å². The highest BCUT2D eigenvalue weighted by Crippen LogP contribution is 2.29. The second kappa shape index (κ2) is 6.47. The number of halogens is 2. The summed E-state index contributed by atoms with van der Waals surface area (Å²) in [6.07, 6.45) is 3.77. The molecule has 0 amide bonds. The molecule has 2 aromatic rings. The maximum atomic E-state index is 13.3. The molecule has 0 fully saturated rings. The lowest BCUT2D eigenvalue weighted by atomic mass is 10.2. The molecule has 0 aliphatic heterocycles. The maximum Gasteiger partial charge on any atom is 0.223 e. The molecule has 20 heavy (non-hydrogen) atoms. The zero-order valence-corrected chi connectivity index (χ0v) is 11.2. The summed E-state index contributed by atoms with van der Waals surface area (Å²) in [6.45, 7) is 2.47. The first kappa shape index (κ1) is 14.5. The lowest BCUT2D eigenvalue weighted by Crippen LogP contribution is -2.15. The molecule has 2 aromatic heterocycles. The number of hydrogen-bond donors (Lipinski definition) is 2. The van der Waals surface area contributed by atoms with Crippen molar-refractivity contribution in [1.29, 1.82) is 0 Å². The van der Waals surface area contributed by atoms with E-state index >= 15 is 0 Å². The third-order valence-electron chi connectivity index (χ3n) is 2.88. The fourth-order valence-electron chi connectivity index (χ4n) is 1.89. The molecule has 108 valence electrons. The van der Waals surface area contributed by atoms with E-state index in [-0.39, 0.29) is 12.0 Å². The van der Waals surface area contributed by atoms with Crippen LogP contribution in [0.15, 0.2) is 24.5 Å². The van der Waals surface area contributed by atoms with Crippen LogP contribution in [0.5, 0.6) is 5.88 Å². The predicted octanol–water partition coefficient (Wildman–Crippen LogP) is 2.86. The minimum atomic E-state index is -0.503. The highest BCUT2D eigenvalue weighted by Gasteiger charge is 2.14. The molecule has 0 saturated carbocycles. The Kier molecular flexibility index (Phi) is 4.68. The summed E-state index contributed by atoms with van der Waals surface area (Å²) >= 11 is 0. The first-order chi connectivity index (χ1) is 9.60. The summed E-state index contributed by atoms with van der Waals surface area (Å²) in [5.41, 5.74) is 6.27. The normalized spacial score (nSPS) is 12.4. The van der Waals surface area contributed by atoms with E-state index in [0.717, 1.165) is 19.0 Å². The highest BCUT2D eigenvalue weighted by atomic mass is 19.1. The molecule has 4 nitrogen and oxygen atoms in total. The molecule has 0 radical (unpaired) electrons. The summed E-state index contributed by atoms with van der Waals surface area (Å²) < 4.78 is 32.1. The summed E-state index contributed by atoms with van der Waals surface area (Å²) in [5.74, 6) is -0.652. The Morgan fingerprint density at radius 2 is 2.15 bits per heavy atom. The number of hydrogen-bond acceptors (Lipinski definition) is 3. The van der Waals surface area contributed by atoms with Crippen LogP contribution in [0.4, 0.5) is 8.78 Å². The van der Waals surface area contributed by atoms with Crippen molar-refractivity contribution in [3.05, 3.63) is 36.2 Å². The lowest BCUT2D eigenvalue weighted by molar-refractivity contribution is 0.201. The average molecular weight is 281 g/mol. The number of aromatic nitrogens is 2. The van der Waals surface area contributed by atoms with Gasteiger partial charge in [-0.05, 0) is 38.4 Å². The molecule has 3 N–H and O–H groups in total. The van der Waals surface area contributed by atoms with Crippen LogP contribution in [0.1, 0.15) is 19.8 Å². The number of H-pyrrole nitrogens is 1. The lowest BCUT2D eigenvalue weighted by Gasteiger charge is -2.15. The third kappa shape index (κ3) is 3.54. The topological polar surface area (TPSA) is 63.9 Å². The van der Waals surface area contributed by atoms with Gasteiger partial charge in [0.2, 0.25) is 5.88 Å². The van der Waals surface area contributed by atoms with Crippen molar-refractivity contribution in [3.8, 4) is 17.1 Å². The van der Waals surface area contributed by atoms with E-state index in [4.69, 9.17) is 10.5 Å². The van der Waals surface area contributed by atoms with Crippen LogP contribution in [0.2, 0.25) is 0 Å². The van der Waals surface area contributed by atoms with Gasteiger partial charge in [-0.2, -0.15) is 0 Å². The smallest absolute Gasteiger partial charge is 0.223 e. The van der Waals surface area contributed by atoms with Gasteiger partial charge < -0.3 is 15.5 Å². The minimum absolute atomic E-state index is 0.102. The van der Waals surface area contributed by atoms with Crippen molar-refractivity contribution in [3.63, 3.8) is 0 Å². The second-order valence-electron chi connectivity index (χ2n) is 4.60. The van der Waals surface area contributed by atoms with E-state index in [9.17, 15) is 8.78 Å². The maximum absolute atomic E-state index is 13.3. The van der Waals surface area contributed by atoms with Crippen LogP contribution in [0.25, 0.3) is 11.3 Å². The van der Waals surface area contributed by atoms with Gasteiger partial charge in [0.1, 0.15) is 11.6 Å². The SMILES string of the molecule is C[C@@H](CCCN)Oc1ncc(F)cc1-c1cc(F)c[nH]1. The van der Waals surface area contributed by atoms with Crippen molar-refractivity contribution in [2.24, 2.45) is 5.73 Å². The number of ether oxygens (including phenoxy) is 1. The van der Waals surface area contributed by atoms with Crippen molar-refractivity contribution in [2.75, 3.05) is 6.54 Å². The van der Waals surface area contributed by atoms with Gasteiger partial charge in [-0.15, -0.1) is 0 Å². The molecule has 0 spiro atoms. The average Bonchev–Trinajstić information content (AvgIpc) is 2.85. The highest BCUT2D eigenvalue weighted by molar-refractivity contribution is 5.65. The number of rotatable bonds is 6. The predicted molar refractivity (Wildman–Crippen MR) is 72.3 cm³/mol. The van der Waals surface area contributed by atoms with Crippen LogP contribution in [-0.4, -0.2) is 22.6 Å². The van der Waals surface area contributed by atoms with E-state index in [1.807, 2.05) is 6.92 Å². The Morgan fingerprint density at radius 3 is 2.80 bits per heavy atom. The van der Waals surface area contributed by atoms with E-state index in [1.54, 1.807) is 0 Å². The summed E-state index contributed by atoms with van der Waals surface area (Å²) in [6, 6.07) is 2.54. The van der Waals surface area contributed by atoms with Crippen molar-refractivity contribution in [2.45, 2.75) is 25.9 Å². The monoisotopic (exact) mass is 281 g/mol. The van der Waals surface area contributed by atoms with Gasteiger partial charge in [0, 0.05) is 6.20 Å². The number of nitrogens with one attached hydrogen (secondary N) is 1. The first-order valence-corrected chi connectivity index (χ1v) is 6.46. The first-order valence-electron chi connectivity index (χ1n) is 6.46. The molecule has 6 heteroatoms. The Labute approximate surface area is 116 Å². The quantitative estimate of drug-likeness (QED) is 0.855. The van der Waals surface area contributed by atoms with Crippen LogP contribution >= 0.6 is 0 Å². The Hall–Kier alpha value is -1.95. The van der Waals surface area contributed by atoms with Crippen LogP contribution in [0, 0.1) is 11.6 Å². The van der Waals surface area contributed by atoms with E-state index in [2.05, 4.69) is 9.97 Å². The number of nitrogens with two attached hydrogens (primary N) is 1. The molecule has 0 bridgehead atoms. The van der Waals surface area contributed by atoms with E-state index in [1.165, 1.54) is 18.3 Å². The van der Waals surface area contributed by atoms with Gasteiger partial charge in [0.25, 0.3) is 0 Å². The second-order valence-corrected chi connectivity index (χ2v) is 4.60. The fourth-order valence-corrected chi connectivity index (χ4v) is 1.89. The fraction of sp³-hybridized carbons (Fsp3) is 0.357. The third-order valence-corrected chi connectivity index (χ3v) is 2.88. The Morgan fingerprint density at radius 1 is 1.35 bits per heavy atom. The van der Waals surface area contributed by atoms with Crippen LogP contribution < -0.4 is 10.5 Å². The van der Waals surface area contributed by atoms with Gasteiger partial charge in [-0.3, -0.25) is 0 Å². The number of nitrogens with zero attached hydrogens (tertiary/aromatic N) is 1. The minimum Gasteiger partial charge on any atom is -0.474 e. The van der Waals surface area contributed by atoms with Gasteiger partial charge in [-0.25, -0.2) is 13.8 Å². The van der Waals surface area contributed by atoms with E-state index < -0.39 is 11.6 Å². The standard InChI is InChI=1S/C14H17F2N3O/c1-9(3-2-4-17)20-14-12(5-10(15)8-19-14)13-6-11(16)7-18-13/h5-9,18H,2-4,17H2,1H3/t9-/m0/s1. The van der Waals surface area contributed by atoms with E-state index in [0.29, 0.717) is 17.8 Å². The van der Waals surface area contributed by atoms with Gasteiger partial charge in [0.15, 0.2) is 0 Å². The van der Waals surface area contributed by atoms with Gasteiger partial charge in [0.05, 0.1) is 23.6 Å². The molecule has 2 rings (SSSR count). The summed E-state index contributed by atoms with van der Waals surface area (Å²) in [4.78, 5) is 6.67. The Balaban J connectivity index is 2.24. The molecule has 0 aliphatic rings. The van der Waals surface area contributed by atoms with Gasteiger partial charge in [-0.1, -0.05) is 0 Å². The van der Waals surface area contributed by atoms with Crippen LogP contribution in [0.3, 0.4) is 0 Å². The molecule has 0 saturated heterocycles. The number of aromatic amines is 1. The molecule has 2 heterocycles. The Bertz CT molecular complexity index is 571. The zero-order chi connectivity index (χ0) is 14.5. The zero-order valence-electron chi connectivity index (χ0n) is 11.2.